The summed E-state index contributed by atoms with van der Waals surface area (Å²) in [5, 5.41) is 5.73. The van der Waals surface area contributed by atoms with Gasteiger partial charge in [-0.05, 0) is 44.2 Å². The van der Waals surface area contributed by atoms with Gasteiger partial charge in [0, 0.05) is 6.54 Å². The van der Waals surface area contributed by atoms with Gasteiger partial charge in [0.15, 0.2) is 0 Å². The molecule has 0 spiro atoms. The molecule has 21 heavy (non-hydrogen) atoms. The molecule has 2 N–H and O–H groups in total. The van der Waals surface area contributed by atoms with E-state index in [1.165, 1.54) is 38.2 Å². The molecule has 0 aliphatic heterocycles. The lowest BCUT2D eigenvalue weighted by Gasteiger charge is -2.26. The van der Waals surface area contributed by atoms with E-state index < -0.39 is 5.54 Å². The van der Waals surface area contributed by atoms with Crippen molar-refractivity contribution in [2.45, 2.75) is 51.5 Å². The number of hydrogen-bond acceptors (Lipinski definition) is 3. The van der Waals surface area contributed by atoms with E-state index in [-0.39, 0.29) is 18.2 Å². The molecular weight excluding hydrogens is 268 g/mol. The van der Waals surface area contributed by atoms with Crippen LogP contribution in [0.15, 0.2) is 23.0 Å². The van der Waals surface area contributed by atoms with Gasteiger partial charge in [0.05, 0.1) is 18.9 Å². The van der Waals surface area contributed by atoms with E-state index in [9.17, 15) is 9.59 Å². The second-order valence-corrected chi connectivity index (χ2v) is 6.34. The SMILES string of the molecule is CC(C)(NC(=O)Cc1ccoc1)C(=O)NCC1CCCC1. The first-order valence-corrected chi connectivity index (χ1v) is 7.58. The van der Waals surface area contributed by atoms with Crippen LogP contribution in [0.1, 0.15) is 45.1 Å². The Bertz CT molecular complexity index is 474. The molecule has 1 heterocycles. The van der Waals surface area contributed by atoms with Gasteiger partial charge in [-0.1, -0.05) is 12.8 Å². The van der Waals surface area contributed by atoms with Crippen molar-refractivity contribution in [3.05, 3.63) is 24.2 Å². The van der Waals surface area contributed by atoms with Crippen molar-refractivity contribution in [1.29, 1.82) is 0 Å². The Balaban J connectivity index is 1.78. The highest BCUT2D eigenvalue weighted by Gasteiger charge is 2.30. The van der Waals surface area contributed by atoms with Crippen molar-refractivity contribution in [3.63, 3.8) is 0 Å². The lowest BCUT2D eigenvalue weighted by atomic mass is 10.0. The summed E-state index contributed by atoms with van der Waals surface area (Å²) in [6, 6.07) is 1.74. The van der Waals surface area contributed by atoms with Crippen molar-refractivity contribution in [2.75, 3.05) is 6.54 Å². The summed E-state index contributed by atoms with van der Waals surface area (Å²) in [6.45, 7) is 4.16. The molecule has 0 atom stereocenters. The molecular formula is C16H24N2O3. The minimum Gasteiger partial charge on any atom is -0.472 e. The van der Waals surface area contributed by atoms with Crippen LogP contribution >= 0.6 is 0 Å². The Morgan fingerprint density at radius 3 is 2.67 bits per heavy atom. The third-order valence-corrected chi connectivity index (χ3v) is 3.99. The summed E-state index contributed by atoms with van der Waals surface area (Å²) < 4.78 is 4.93. The van der Waals surface area contributed by atoms with Crippen LogP contribution in [-0.2, 0) is 16.0 Å². The summed E-state index contributed by atoms with van der Waals surface area (Å²) in [6.07, 6.45) is 8.17. The van der Waals surface area contributed by atoms with Crippen LogP contribution in [0, 0.1) is 5.92 Å². The van der Waals surface area contributed by atoms with Crippen molar-refractivity contribution in [3.8, 4) is 0 Å². The number of carbonyl (C=O) groups is 2. The van der Waals surface area contributed by atoms with Crippen LogP contribution in [0.2, 0.25) is 0 Å². The summed E-state index contributed by atoms with van der Waals surface area (Å²) in [7, 11) is 0. The van der Waals surface area contributed by atoms with Gasteiger partial charge in [-0.2, -0.15) is 0 Å². The molecule has 2 rings (SSSR count). The average molecular weight is 292 g/mol. The van der Waals surface area contributed by atoms with Crippen LogP contribution in [0.3, 0.4) is 0 Å². The topological polar surface area (TPSA) is 71.3 Å². The lowest BCUT2D eigenvalue weighted by molar-refractivity contribution is -0.132. The Kier molecular flexibility index (Phi) is 5.04. The van der Waals surface area contributed by atoms with Gasteiger partial charge in [0.25, 0.3) is 0 Å². The van der Waals surface area contributed by atoms with E-state index in [2.05, 4.69) is 10.6 Å². The normalized spacial score (nSPS) is 15.9. The molecule has 1 aliphatic rings. The van der Waals surface area contributed by atoms with Gasteiger partial charge >= 0.3 is 0 Å². The van der Waals surface area contributed by atoms with E-state index in [0.29, 0.717) is 12.5 Å². The summed E-state index contributed by atoms with van der Waals surface area (Å²) in [5.41, 5.74) is -0.103. The Morgan fingerprint density at radius 2 is 2.05 bits per heavy atom. The number of hydrogen-bond donors (Lipinski definition) is 2. The number of carbonyl (C=O) groups excluding carboxylic acids is 2. The highest BCUT2D eigenvalue weighted by atomic mass is 16.3. The highest BCUT2D eigenvalue weighted by molar-refractivity contribution is 5.91. The van der Waals surface area contributed by atoms with Gasteiger partial charge < -0.3 is 15.1 Å². The number of furan rings is 1. The first kappa shape index (κ1) is 15.6. The zero-order valence-electron chi connectivity index (χ0n) is 12.8. The number of rotatable bonds is 6. The maximum Gasteiger partial charge on any atom is 0.245 e. The molecule has 0 saturated heterocycles. The van der Waals surface area contributed by atoms with Crippen molar-refractivity contribution in [2.24, 2.45) is 5.92 Å². The summed E-state index contributed by atoms with van der Waals surface area (Å²) >= 11 is 0. The fourth-order valence-electron chi connectivity index (χ4n) is 2.70. The Labute approximate surface area is 125 Å². The monoisotopic (exact) mass is 292 g/mol. The first-order chi connectivity index (χ1) is 9.97. The minimum absolute atomic E-state index is 0.130. The lowest BCUT2D eigenvalue weighted by Crippen LogP contribution is -2.55. The van der Waals surface area contributed by atoms with Gasteiger partial charge in [-0.15, -0.1) is 0 Å². The van der Waals surface area contributed by atoms with Crippen LogP contribution in [0.5, 0.6) is 0 Å². The van der Waals surface area contributed by atoms with Gasteiger partial charge in [-0.25, -0.2) is 0 Å². The third kappa shape index (κ3) is 4.62. The quantitative estimate of drug-likeness (QED) is 0.842. The molecule has 1 aliphatic carbocycles. The second-order valence-electron chi connectivity index (χ2n) is 6.34. The Morgan fingerprint density at radius 1 is 1.33 bits per heavy atom. The Hall–Kier alpha value is -1.78. The third-order valence-electron chi connectivity index (χ3n) is 3.99. The molecule has 5 heteroatoms. The van der Waals surface area contributed by atoms with E-state index in [4.69, 9.17) is 4.42 Å². The molecule has 1 saturated carbocycles. The fraction of sp³-hybridized carbons (Fsp3) is 0.625. The summed E-state index contributed by atoms with van der Waals surface area (Å²) in [5.74, 6) is 0.277. The molecule has 0 unspecified atom stereocenters. The van der Waals surface area contributed by atoms with Gasteiger partial charge in [-0.3, -0.25) is 9.59 Å². The molecule has 1 aromatic heterocycles. The van der Waals surface area contributed by atoms with Crippen molar-refractivity contribution < 1.29 is 14.0 Å². The smallest absolute Gasteiger partial charge is 0.245 e. The van der Waals surface area contributed by atoms with Crippen LogP contribution < -0.4 is 10.6 Å². The fourth-order valence-corrected chi connectivity index (χ4v) is 2.70. The molecule has 0 radical (unpaired) electrons. The van der Waals surface area contributed by atoms with Crippen molar-refractivity contribution in [1.82, 2.24) is 10.6 Å². The van der Waals surface area contributed by atoms with Crippen LogP contribution in [0.4, 0.5) is 0 Å². The summed E-state index contributed by atoms with van der Waals surface area (Å²) in [4.78, 5) is 24.2. The molecule has 2 amide bonds. The highest BCUT2D eigenvalue weighted by Crippen LogP contribution is 2.23. The first-order valence-electron chi connectivity index (χ1n) is 7.58. The average Bonchev–Trinajstić information content (AvgIpc) is 3.07. The largest absolute Gasteiger partial charge is 0.472 e. The van der Waals surface area contributed by atoms with Crippen LogP contribution in [0.25, 0.3) is 0 Å². The maximum atomic E-state index is 12.2. The zero-order valence-corrected chi connectivity index (χ0v) is 12.8. The predicted octanol–water partition coefficient (Wildman–Crippen LogP) is 2.02. The number of amides is 2. The molecule has 0 aromatic carbocycles. The molecule has 1 aromatic rings. The molecule has 116 valence electrons. The van der Waals surface area contributed by atoms with E-state index in [0.717, 1.165) is 5.56 Å². The van der Waals surface area contributed by atoms with Gasteiger partial charge in [0.1, 0.15) is 5.54 Å². The predicted molar refractivity (Wildman–Crippen MR) is 79.6 cm³/mol. The van der Waals surface area contributed by atoms with E-state index in [1.807, 2.05) is 0 Å². The van der Waals surface area contributed by atoms with Gasteiger partial charge in [0.2, 0.25) is 11.8 Å². The molecule has 1 fully saturated rings. The van der Waals surface area contributed by atoms with Crippen LogP contribution in [-0.4, -0.2) is 23.9 Å². The zero-order chi connectivity index (χ0) is 15.3. The molecule has 5 nitrogen and oxygen atoms in total. The maximum absolute atomic E-state index is 12.2. The molecule has 0 bridgehead atoms. The minimum atomic E-state index is -0.903. The van der Waals surface area contributed by atoms with Crippen molar-refractivity contribution >= 4 is 11.8 Å². The standard InChI is InChI=1S/C16H24N2O3/c1-16(2,15(20)17-10-12-5-3-4-6-12)18-14(19)9-13-7-8-21-11-13/h7-8,11-12H,3-6,9-10H2,1-2H3,(H,17,20)(H,18,19). The van der Waals surface area contributed by atoms with E-state index in [1.54, 1.807) is 19.9 Å². The number of nitrogens with one attached hydrogen (secondary N) is 2. The van der Waals surface area contributed by atoms with E-state index >= 15 is 0 Å². The second kappa shape index (κ2) is 6.78.